The first-order valence-corrected chi connectivity index (χ1v) is 4.10. The Kier molecular flexibility index (Phi) is 3.21. The number of hydrogen-bond donors (Lipinski definition) is 2. The molecule has 78 valence electrons. The van der Waals surface area contributed by atoms with Crippen molar-refractivity contribution in [3.8, 4) is 0 Å². The van der Waals surface area contributed by atoms with E-state index in [1.807, 2.05) is 0 Å². The number of carbonyl (C=O) groups is 1. The van der Waals surface area contributed by atoms with E-state index in [4.69, 9.17) is 5.73 Å². The van der Waals surface area contributed by atoms with E-state index in [1.165, 1.54) is 11.8 Å². The van der Waals surface area contributed by atoms with Crippen LogP contribution in [-0.4, -0.2) is 34.5 Å². The van der Waals surface area contributed by atoms with Crippen LogP contribution >= 0.6 is 0 Å². The highest BCUT2D eigenvalue weighted by molar-refractivity contribution is 5.88. The maximum absolute atomic E-state index is 11.2. The summed E-state index contributed by atoms with van der Waals surface area (Å²) in [6.07, 6.45) is 0.654. The molecule has 0 amide bonds. The summed E-state index contributed by atoms with van der Waals surface area (Å²) < 4.78 is 5.95. The van der Waals surface area contributed by atoms with Gasteiger partial charge in [-0.05, 0) is 0 Å². The van der Waals surface area contributed by atoms with Gasteiger partial charge in [0.1, 0.15) is 0 Å². The number of nitrogens with two attached hydrogens (primary N) is 1. The lowest BCUT2D eigenvalue weighted by molar-refractivity contribution is 0.0586. The van der Waals surface area contributed by atoms with E-state index >= 15 is 0 Å². The Balaban J connectivity index is 3.08. The highest BCUT2D eigenvalue weighted by Crippen LogP contribution is 2.16. The minimum Gasteiger partial charge on any atom is -0.464 e. The zero-order valence-corrected chi connectivity index (χ0v) is 8.10. The first-order valence-electron chi connectivity index (χ1n) is 4.10. The molecule has 1 rings (SSSR count). The fourth-order valence-corrected chi connectivity index (χ4v) is 1.13. The van der Waals surface area contributed by atoms with E-state index in [2.05, 4.69) is 9.84 Å². The Morgan fingerprint density at radius 3 is 3.00 bits per heavy atom. The Hall–Kier alpha value is -1.40. The van der Waals surface area contributed by atoms with Gasteiger partial charge in [-0.3, -0.25) is 4.68 Å². The van der Waals surface area contributed by atoms with Gasteiger partial charge in [-0.1, -0.05) is 0 Å². The Morgan fingerprint density at radius 1 is 1.86 bits per heavy atom. The molecule has 0 bridgehead atoms. The molecule has 1 unspecified atom stereocenters. The predicted molar refractivity (Wildman–Crippen MR) is 48.6 cm³/mol. The average molecular weight is 199 g/mol. The molecule has 1 aromatic heterocycles. The van der Waals surface area contributed by atoms with Crippen LogP contribution in [0.4, 0.5) is 0 Å². The van der Waals surface area contributed by atoms with Crippen molar-refractivity contribution in [3.05, 3.63) is 17.5 Å². The van der Waals surface area contributed by atoms with Gasteiger partial charge in [0, 0.05) is 25.4 Å². The number of ether oxygens (including phenoxy) is 1. The van der Waals surface area contributed by atoms with Crippen molar-refractivity contribution in [1.82, 2.24) is 9.78 Å². The molecule has 1 heterocycles. The van der Waals surface area contributed by atoms with Crippen molar-refractivity contribution < 1.29 is 14.6 Å². The molecular weight excluding hydrogens is 186 g/mol. The molecule has 14 heavy (non-hydrogen) atoms. The number of rotatable bonds is 3. The zero-order chi connectivity index (χ0) is 10.7. The first kappa shape index (κ1) is 10.7. The van der Waals surface area contributed by atoms with E-state index in [-0.39, 0.29) is 12.2 Å². The lowest BCUT2D eigenvalue weighted by Crippen LogP contribution is -2.15. The van der Waals surface area contributed by atoms with Crippen LogP contribution in [0.3, 0.4) is 0 Å². The van der Waals surface area contributed by atoms with E-state index in [1.54, 1.807) is 13.2 Å². The molecule has 0 aromatic carbocycles. The van der Waals surface area contributed by atoms with Crippen molar-refractivity contribution in [2.24, 2.45) is 12.8 Å². The van der Waals surface area contributed by atoms with Crippen molar-refractivity contribution in [2.45, 2.75) is 6.10 Å². The Morgan fingerprint density at radius 2 is 2.50 bits per heavy atom. The number of nitrogens with zero attached hydrogens (tertiary/aromatic N) is 2. The number of hydrogen-bond acceptors (Lipinski definition) is 5. The quantitative estimate of drug-likeness (QED) is 0.622. The Bertz CT molecular complexity index is 335. The molecule has 1 aromatic rings. The predicted octanol–water partition coefficient (Wildman–Crippen LogP) is -0.801. The van der Waals surface area contributed by atoms with Crippen LogP contribution in [0.2, 0.25) is 0 Å². The zero-order valence-electron chi connectivity index (χ0n) is 8.10. The minimum atomic E-state index is -0.891. The normalized spacial score (nSPS) is 12.6. The van der Waals surface area contributed by atoms with Gasteiger partial charge < -0.3 is 15.6 Å². The fraction of sp³-hybridized carbons (Fsp3) is 0.500. The lowest BCUT2D eigenvalue weighted by Gasteiger charge is -2.05. The van der Waals surface area contributed by atoms with E-state index in [0.717, 1.165) is 0 Å². The van der Waals surface area contributed by atoms with Crippen LogP contribution in [-0.2, 0) is 11.8 Å². The second kappa shape index (κ2) is 4.21. The summed E-state index contributed by atoms with van der Waals surface area (Å²) in [4.78, 5) is 11.2. The number of carbonyl (C=O) groups excluding carboxylic acids is 1. The summed E-state index contributed by atoms with van der Waals surface area (Å²) in [7, 11) is 2.91. The molecule has 0 spiro atoms. The molecule has 0 saturated carbocycles. The summed E-state index contributed by atoms with van der Waals surface area (Å²) in [5.41, 5.74) is 5.78. The first-order chi connectivity index (χ1) is 6.60. The monoisotopic (exact) mass is 199 g/mol. The van der Waals surface area contributed by atoms with Gasteiger partial charge in [-0.2, -0.15) is 5.10 Å². The number of aryl methyl sites for hydroxylation is 1. The average Bonchev–Trinajstić information content (AvgIpc) is 2.58. The summed E-state index contributed by atoms with van der Waals surface area (Å²) in [5, 5.41) is 13.4. The smallest absolute Gasteiger partial charge is 0.358 e. The third kappa shape index (κ3) is 1.91. The van der Waals surface area contributed by atoms with Crippen LogP contribution in [0.5, 0.6) is 0 Å². The van der Waals surface area contributed by atoms with E-state index in [0.29, 0.717) is 5.56 Å². The van der Waals surface area contributed by atoms with Gasteiger partial charge in [-0.15, -0.1) is 0 Å². The maximum atomic E-state index is 11.2. The number of aliphatic hydroxyl groups is 1. The second-order valence-corrected chi connectivity index (χ2v) is 2.85. The largest absolute Gasteiger partial charge is 0.464 e. The molecule has 0 radical (unpaired) electrons. The standard InChI is InChI=1S/C8H13N3O3/c1-11-4-5(6(12)3-9)7(10-11)8(13)14-2/h4,6,12H,3,9H2,1-2H3. The summed E-state index contributed by atoms with van der Waals surface area (Å²) in [6, 6.07) is 0. The van der Waals surface area contributed by atoms with Crippen LogP contribution in [0.1, 0.15) is 22.2 Å². The van der Waals surface area contributed by atoms with Gasteiger partial charge in [0.15, 0.2) is 5.69 Å². The Labute approximate surface area is 81.3 Å². The summed E-state index contributed by atoms with van der Waals surface area (Å²) in [5.74, 6) is -0.576. The lowest BCUT2D eigenvalue weighted by atomic mass is 10.1. The molecule has 1 atom stereocenters. The minimum absolute atomic E-state index is 0.0374. The second-order valence-electron chi connectivity index (χ2n) is 2.85. The van der Waals surface area contributed by atoms with E-state index < -0.39 is 12.1 Å². The third-order valence-electron chi connectivity index (χ3n) is 1.82. The van der Waals surface area contributed by atoms with Gasteiger partial charge in [0.25, 0.3) is 0 Å². The van der Waals surface area contributed by atoms with Crippen LogP contribution in [0, 0.1) is 0 Å². The van der Waals surface area contributed by atoms with E-state index in [9.17, 15) is 9.90 Å². The van der Waals surface area contributed by atoms with Crippen LogP contribution < -0.4 is 5.73 Å². The van der Waals surface area contributed by atoms with Gasteiger partial charge in [0.2, 0.25) is 0 Å². The topological polar surface area (TPSA) is 90.4 Å². The maximum Gasteiger partial charge on any atom is 0.358 e. The highest BCUT2D eigenvalue weighted by atomic mass is 16.5. The SMILES string of the molecule is COC(=O)c1nn(C)cc1C(O)CN. The molecule has 0 aliphatic heterocycles. The molecule has 6 heteroatoms. The number of aliphatic hydroxyl groups excluding tert-OH is 1. The summed E-state index contributed by atoms with van der Waals surface area (Å²) in [6.45, 7) is 0.0374. The van der Waals surface area contributed by atoms with Crippen molar-refractivity contribution >= 4 is 5.97 Å². The molecule has 0 aliphatic carbocycles. The molecule has 3 N–H and O–H groups in total. The van der Waals surface area contributed by atoms with Crippen LogP contribution in [0.15, 0.2) is 6.20 Å². The number of aromatic nitrogens is 2. The van der Waals surface area contributed by atoms with Crippen molar-refractivity contribution in [3.63, 3.8) is 0 Å². The summed E-state index contributed by atoms with van der Waals surface area (Å²) >= 11 is 0. The molecule has 0 aliphatic rings. The van der Waals surface area contributed by atoms with Crippen molar-refractivity contribution in [1.29, 1.82) is 0 Å². The fourth-order valence-electron chi connectivity index (χ4n) is 1.13. The number of esters is 1. The van der Waals surface area contributed by atoms with Gasteiger partial charge in [0.05, 0.1) is 13.2 Å². The molecule has 6 nitrogen and oxygen atoms in total. The number of methoxy groups -OCH3 is 1. The van der Waals surface area contributed by atoms with Gasteiger partial charge in [-0.25, -0.2) is 4.79 Å². The van der Waals surface area contributed by atoms with Crippen molar-refractivity contribution in [2.75, 3.05) is 13.7 Å². The van der Waals surface area contributed by atoms with Gasteiger partial charge >= 0.3 is 5.97 Å². The highest BCUT2D eigenvalue weighted by Gasteiger charge is 2.21. The van der Waals surface area contributed by atoms with Crippen LogP contribution in [0.25, 0.3) is 0 Å². The molecule has 0 fully saturated rings. The molecule has 0 saturated heterocycles. The third-order valence-corrected chi connectivity index (χ3v) is 1.82. The molecular formula is C8H13N3O3.